The van der Waals surface area contributed by atoms with Gasteiger partial charge in [-0.2, -0.15) is 4.98 Å². The van der Waals surface area contributed by atoms with Crippen LogP contribution in [0.5, 0.6) is 11.6 Å². The number of rotatable bonds is 4. The molecule has 0 saturated carbocycles. The molecule has 0 atom stereocenters. The maximum absolute atomic E-state index is 14.4. The van der Waals surface area contributed by atoms with E-state index in [1.165, 1.54) is 18.5 Å². The molecule has 2 aromatic heterocycles. The van der Waals surface area contributed by atoms with Crippen LogP contribution in [0.25, 0.3) is 11.1 Å². The van der Waals surface area contributed by atoms with Gasteiger partial charge < -0.3 is 18.9 Å². The van der Waals surface area contributed by atoms with Gasteiger partial charge in [0.25, 0.3) is 5.88 Å². The first-order valence-electron chi connectivity index (χ1n) is 10.7. The van der Waals surface area contributed by atoms with E-state index in [1.807, 2.05) is 20.8 Å². The number of halogens is 1. The number of piperidine rings is 1. The molecule has 1 aliphatic heterocycles. The highest BCUT2D eigenvalue weighted by Gasteiger charge is 2.31. The topological polar surface area (TPSA) is 125 Å². The monoisotopic (exact) mass is 492 g/mol. The second kappa shape index (κ2) is 8.82. The fraction of sp³-hybridized carbons (Fsp3) is 0.455. The molecular formula is C22H25FN4O6S. The van der Waals surface area contributed by atoms with Gasteiger partial charge in [0.05, 0.1) is 4.90 Å². The quantitative estimate of drug-likeness (QED) is 0.530. The van der Waals surface area contributed by atoms with Crippen LogP contribution in [0.2, 0.25) is 0 Å². The van der Waals surface area contributed by atoms with Crippen LogP contribution < -0.4 is 4.74 Å². The Morgan fingerprint density at radius 1 is 1.21 bits per heavy atom. The maximum atomic E-state index is 14.4. The molecule has 34 heavy (non-hydrogen) atoms. The Morgan fingerprint density at radius 3 is 2.53 bits per heavy atom. The summed E-state index contributed by atoms with van der Waals surface area (Å²) in [5.41, 5.74) is 0.639. The van der Waals surface area contributed by atoms with Crippen molar-refractivity contribution in [3.05, 3.63) is 36.0 Å². The van der Waals surface area contributed by atoms with Crippen LogP contribution in [0.1, 0.15) is 45.2 Å². The van der Waals surface area contributed by atoms with Crippen molar-refractivity contribution in [1.82, 2.24) is 20.0 Å². The summed E-state index contributed by atoms with van der Waals surface area (Å²) in [7, 11) is -3.56. The van der Waals surface area contributed by atoms with E-state index in [9.17, 15) is 17.6 Å². The average molecular weight is 493 g/mol. The number of fused-ring (bicyclic) bond motifs is 1. The highest BCUT2D eigenvalue weighted by Crippen LogP contribution is 2.36. The third-order valence-electron chi connectivity index (χ3n) is 5.32. The second-order valence-corrected chi connectivity index (χ2v) is 11.1. The summed E-state index contributed by atoms with van der Waals surface area (Å²) in [5.74, 6) is -1.12. The van der Waals surface area contributed by atoms with Crippen LogP contribution in [0.3, 0.4) is 0 Å². The lowest BCUT2D eigenvalue weighted by Crippen LogP contribution is -2.41. The molecule has 0 spiro atoms. The van der Waals surface area contributed by atoms with Crippen LogP contribution >= 0.6 is 0 Å². The summed E-state index contributed by atoms with van der Waals surface area (Å²) in [6.07, 6.45) is 3.19. The van der Waals surface area contributed by atoms with Gasteiger partial charge in [-0.3, -0.25) is 0 Å². The number of ether oxygens (including phenoxy) is 2. The van der Waals surface area contributed by atoms with Crippen molar-refractivity contribution in [3.8, 4) is 11.6 Å². The predicted octanol–water partition coefficient (Wildman–Crippen LogP) is 4.07. The number of carbonyl (C=O) groups excluding carboxylic acids is 1. The van der Waals surface area contributed by atoms with Crippen LogP contribution in [0.4, 0.5) is 9.18 Å². The molecule has 0 aliphatic carbocycles. The van der Waals surface area contributed by atoms with Crippen LogP contribution in [0.15, 0.2) is 33.9 Å². The first kappa shape index (κ1) is 23.9. The van der Waals surface area contributed by atoms with Crippen molar-refractivity contribution < 1.29 is 31.6 Å². The van der Waals surface area contributed by atoms with Gasteiger partial charge in [0.15, 0.2) is 21.4 Å². The predicted molar refractivity (Wildman–Crippen MR) is 119 cm³/mol. The molecule has 0 N–H and O–H groups in total. The van der Waals surface area contributed by atoms with Crippen molar-refractivity contribution >= 4 is 27.0 Å². The number of hydrogen-bond acceptors (Lipinski definition) is 9. The highest BCUT2D eigenvalue weighted by atomic mass is 32.2. The Bertz CT molecular complexity index is 1330. The molecule has 0 bridgehead atoms. The number of amides is 1. The number of nitrogens with zero attached hydrogens (tertiary/aromatic N) is 4. The van der Waals surface area contributed by atoms with E-state index in [0.29, 0.717) is 37.1 Å². The van der Waals surface area contributed by atoms with Crippen LogP contribution in [0, 0.1) is 5.82 Å². The van der Waals surface area contributed by atoms with Gasteiger partial charge >= 0.3 is 6.09 Å². The van der Waals surface area contributed by atoms with Gasteiger partial charge in [-0.05, 0) is 51.8 Å². The third-order valence-corrected chi connectivity index (χ3v) is 6.43. The summed E-state index contributed by atoms with van der Waals surface area (Å²) in [4.78, 5) is 22.1. The number of sulfone groups is 1. The average Bonchev–Trinajstić information content (AvgIpc) is 3.18. The number of aromatic nitrogens is 3. The standard InChI is InChI=1S/C22H25FN4O6S/c1-22(2,3)32-21(28)27-9-7-13(8-10-27)17-18-19(33-26-17)20(25-12-24-18)31-16-6-5-14(11-15(16)23)34(4,29)30/h5-6,11-13H,7-10H2,1-4H3. The largest absolute Gasteiger partial charge is 0.444 e. The van der Waals surface area contributed by atoms with E-state index in [1.54, 1.807) is 4.90 Å². The molecule has 0 unspecified atom stereocenters. The van der Waals surface area contributed by atoms with Gasteiger partial charge in [-0.15, -0.1) is 0 Å². The fourth-order valence-corrected chi connectivity index (χ4v) is 4.29. The number of carbonyl (C=O) groups is 1. The zero-order valence-corrected chi connectivity index (χ0v) is 20.1. The molecular weight excluding hydrogens is 467 g/mol. The summed E-state index contributed by atoms with van der Waals surface area (Å²) in [5, 5.41) is 4.15. The molecule has 1 aliphatic rings. The minimum Gasteiger partial charge on any atom is -0.444 e. The number of benzene rings is 1. The molecule has 4 rings (SSSR count). The van der Waals surface area contributed by atoms with E-state index in [2.05, 4.69) is 15.1 Å². The Balaban J connectivity index is 1.51. The van der Waals surface area contributed by atoms with E-state index in [-0.39, 0.29) is 34.1 Å². The van der Waals surface area contributed by atoms with Gasteiger partial charge in [0.2, 0.25) is 5.58 Å². The Hall–Kier alpha value is -3.28. The third kappa shape index (κ3) is 5.11. The van der Waals surface area contributed by atoms with Crippen molar-refractivity contribution in [2.75, 3.05) is 19.3 Å². The van der Waals surface area contributed by atoms with Crippen molar-refractivity contribution in [2.24, 2.45) is 0 Å². The molecule has 3 heterocycles. The molecule has 12 heteroatoms. The summed E-state index contributed by atoms with van der Waals surface area (Å²) in [6, 6.07) is 3.34. The lowest BCUT2D eigenvalue weighted by atomic mass is 9.93. The van der Waals surface area contributed by atoms with Gasteiger partial charge in [0, 0.05) is 25.3 Å². The van der Waals surface area contributed by atoms with E-state index < -0.39 is 21.3 Å². The molecule has 1 saturated heterocycles. The Morgan fingerprint density at radius 2 is 1.91 bits per heavy atom. The summed E-state index contributed by atoms with van der Waals surface area (Å²) in [6.45, 7) is 6.47. The van der Waals surface area contributed by atoms with Crippen molar-refractivity contribution in [3.63, 3.8) is 0 Å². The SMILES string of the molecule is CC(C)(C)OC(=O)N1CCC(c2noc3c(Oc4ccc(S(C)(=O)=O)cc4F)ncnc23)CC1. The molecule has 3 aromatic rings. The van der Waals surface area contributed by atoms with Gasteiger partial charge in [-0.25, -0.2) is 22.6 Å². The summed E-state index contributed by atoms with van der Waals surface area (Å²) >= 11 is 0. The lowest BCUT2D eigenvalue weighted by molar-refractivity contribution is 0.0204. The van der Waals surface area contributed by atoms with E-state index >= 15 is 0 Å². The minimum atomic E-state index is -3.56. The van der Waals surface area contributed by atoms with Crippen LogP contribution in [-0.2, 0) is 14.6 Å². The second-order valence-electron chi connectivity index (χ2n) is 9.13. The smallest absolute Gasteiger partial charge is 0.410 e. The van der Waals surface area contributed by atoms with Gasteiger partial charge in [-0.1, -0.05) is 5.16 Å². The van der Waals surface area contributed by atoms with Crippen LogP contribution in [-0.4, -0.2) is 59.5 Å². The highest BCUT2D eigenvalue weighted by molar-refractivity contribution is 7.90. The molecule has 10 nitrogen and oxygen atoms in total. The fourth-order valence-electron chi connectivity index (χ4n) is 3.66. The van der Waals surface area contributed by atoms with Crippen molar-refractivity contribution in [2.45, 2.75) is 50.0 Å². The zero-order chi connectivity index (χ0) is 24.7. The molecule has 0 radical (unpaired) electrons. The van der Waals surface area contributed by atoms with E-state index in [4.69, 9.17) is 14.0 Å². The normalized spacial score (nSPS) is 15.5. The molecule has 1 fully saturated rings. The zero-order valence-electron chi connectivity index (χ0n) is 19.2. The number of likely N-dealkylation sites (tertiary alicyclic amines) is 1. The molecule has 1 amide bonds. The summed E-state index contributed by atoms with van der Waals surface area (Å²) < 4.78 is 54.1. The first-order chi connectivity index (χ1) is 15.9. The number of hydrogen-bond donors (Lipinski definition) is 0. The minimum absolute atomic E-state index is 0.00605. The van der Waals surface area contributed by atoms with Crippen molar-refractivity contribution in [1.29, 1.82) is 0 Å². The first-order valence-corrected chi connectivity index (χ1v) is 12.6. The van der Waals surface area contributed by atoms with E-state index in [0.717, 1.165) is 12.3 Å². The Labute approximate surface area is 196 Å². The maximum Gasteiger partial charge on any atom is 0.410 e. The molecule has 182 valence electrons. The van der Waals surface area contributed by atoms with Gasteiger partial charge in [0.1, 0.15) is 23.1 Å². The molecule has 1 aromatic carbocycles. The Kier molecular flexibility index (Phi) is 6.19. The lowest BCUT2D eigenvalue weighted by Gasteiger charge is -2.32.